The van der Waals surface area contributed by atoms with Gasteiger partial charge in [0.05, 0.1) is 11.8 Å². The van der Waals surface area contributed by atoms with Crippen molar-refractivity contribution in [1.29, 1.82) is 5.41 Å². The lowest BCUT2D eigenvalue weighted by atomic mass is 9.93. The average molecular weight is 372 g/mol. The summed E-state index contributed by atoms with van der Waals surface area (Å²) in [5.74, 6) is 0.864. The van der Waals surface area contributed by atoms with Crippen molar-refractivity contribution in [2.24, 2.45) is 0 Å². The van der Waals surface area contributed by atoms with Gasteiger partial charge in [-0.25, -0.2) is 4.98 Å². The van der Waals surface area contributed by atoms with E-state index in [1.165, 1.54) is 32.1 Å². The molecule has 6 nitrogen and oxygen atoms in total. The van der Waals surface area contributed by atoms with Crippen LogP contribution in [0, 0.1) is 12.3 Å². The molecule has 0 amide bonds. The largest absolute Gasteiger partial charge is 0.390 e. The molecule has 0 bridgehead atoms. The number of piperidine rings is 1. The zero-order valence-corrected chi connectivity index (χ0v) is 16.5. The minimum atomic E-state index is -0.393. The summed E-state index contributed by atoms with van der Waals surface area (Å²) in [6, 6.07) is 2.80. The van der Waals surface area contributed by atoms with Crippen molar-refractivity contribution in [3.63, 3.8) is 0 Å². The fourth-order valence-electron chi connectivity index (χ4n) is 4.07. The van der Waals surface area contributed by atoms with Crippen LogP contribution in [0.15, 0.2) is 24.5 Å². The molecule has 148 valence electrons. The molecule has 1 saturated heterocycles. The number of anilines is 2. The van der Waals surface area contributed by atoms with Crippen molar-refractivity contribution in [3.05, 3.63) is 30.1 Å². The first kappa shape index (κ1) is 19.8. The number of hydrogen-bond donors (Lipinski definition) is 4. The van der Waals surface area contributed by atoms with Crippen molar-refractivity contribution in [2.45, 2.75) is 70.6 Å². The zero-order chi connectivity index (χ0) is 19.2. The standard InChI is InChI=1S/C21H33N5O/c1-15-12-19(23-10-8-16(2)22)21(24-13-15)26-11-9-18(20(27)14-26)25-17-6-4-3-5-7-17/h8,10,12-13,17-18,20,22-23,25,27H,3-7,9,11,14H2,1-2H3/b10-8-,22-16?/t18-,20+/m0/s1. The Bertz CT molecular complexity index is 669. The molecule has 1 aromatic rings. The summed E-state index contributed by atoms with van der Waals surface area (Å²) in [4.78, 5) is 6.78. The molecule has 2 heterocycles. The van der Waals surface area contributed by atoms with Gasteiger partial charge in [-0.1, -0.05) is 19.3 Å². The molecule has 27 heavy (non-hydrogen) atoms. The SMILES string of the molecule is CC(=N)/C=C\Nc1cc(C)cnc1N1CC[C@H](NC2CCCCC2)[C@H](O)C1. The number of aryl methyl sites for hydroxylation is 1. The second-order valence-electron chi connectivity index (χ2n) is 7.95. The molecule has 3 rings (SSSR count). The van der Waals surface area contributed by atoms with Crippen LogP contribution in [-0.2, 0) is 0 Å². The monoisotopic (exact) mass is 371 g/mol. The van der Waals surface area contributed by atoms with Gasteiger partial charge in [-0.3, -0.25) is 0 Å². The van der Waals surface area contributed by atoms with Crippen LogP contribution in [0.2, 0.25) is 0 Å². The van der Waals surface area contributed by atoms with Crippen molar-refractivity contribution in [2.75, 3.05) is 23.3 Å². The number of β-amino-alcohol motifs (C(OH)–C–C–N with tert-alkyl or cyclic N) is 1. The Morgan fingerprint density at radius 1 is 1.30 bits per heavy atom. The van der Waals surface area contributed by atoms with Gasteiger partial charge >= 0.3 is 0 Å². The predicted octanol–water partition coefficient (Wildman–Crippen LogP) is 3.22. The summed E-state index contributed by atoms with van der Waals surface area (Å²) in [7, 11) is 0. The van der Waals surface area contributed by atoms with E-state index in [1.54, 1.807) is 19.2 Å². The highest BCUT2D eigenvalue weighted by Gasteiger charge is 2.31. The minimum absolute atomic E-state index is 0.173. The highest BCUT2D eigenvalue weighted by Crippen LogP contribution is 2.28. The van der Waals surface area contributed by atoms with E-state index in [1.807, 2.05) is 13.1 Å². The zero-order valence-electron chi connectivity index (χ0n) is 16.5. The summed E-state index contributed by atoms with van der Waals surface area (Å²) in [6.07, 6.45) is 12.3. The van der Waals surface area contributed by atoms with Crippen LogP contribution in [0.3, 0.4) is 0 Å². The number of allylic oxidation sites excluding steroid dienone is 1. The molecular formula is C21H33N5O. The van der Waals surface area contributed by atoms with E-state index < -0.39 is 6.10 Å². The first-order valence-electron chi connectivity index (χ1n) is 10.2. The van der Waals surface area contributed by atoms with Crippen LogP contribution in [-0.4, -0.2) is 47.1 Å². The van der Waals surface area contributed by atoms with Crippen molar-refractivity contribution in [3.8, 4) is 0 Å². The van der Waals surface area contributed by atoms with Gasteiger partial charge in [-0.2, -0.15) is 0 Å². The van der Waals surface area contributed by atoms with Gasteiger partial charge in [0.1, 0.15) is 0 Å². The first-order chi connectivity index (χ1) is 13.0. The Morgan fingerprint density at radius 2 is 2.07 bits per heavy atom. The Hall–Kier alpha value is -1.92. The number of aliphatic hydroxyl groups is 1. The third-order valence-electron chi connectivity index (χ3n) is 5.51. The van der Waals surface area contributed by atoms with Gasteiger partial charge in [0, 0.05) is 43.3 Å². The van der Waals surface area contributed by atoms with Gasteiger partial charge in [0.15, 0.2) is 5.82 Å². The number of pyridine rings is 1. The summed E-state index contributed by atoms with van der Waals surface area (Å²) in [6.45, 7) is 5.22. The Morgan fingerprint density at radius 3 is 2.78 bits per heavy atom. The lowest BCUT2D eigenvalue weighted by molar-refractivity contribution is 0.103. The van der Waals surface area contributed by atoms with E-state index in [0.29, 0.717) is 18.3 Å². The van der Waals surface area contributed by atoms with E-state index >= 15 is 0 Å². The molecule has 0 unspecified atom stereocenters. The molecule has 1 aliphatic carbocycles. The summed E-state index contributed by atoms with van der Waals surface area (Å²) in [5.41, 5.74) is 2.49. The molecule has 2 aliphatic rings. The molecule has 0 aromatic carbocycles. The topological polar surface area (TPSA) is 84.3 Å². The maximum absolute atomic E-state index is 10.7. The summed E-state index contributed by atoms with van der Waals surface area (Å²) in [5, 5.41) is 25.2. The molecule has 2 atom stereocenters. The number of aromatic nitrogens is 1. The molecular weight excluding hydrogens is 338 g/mol. The van der Waals surface area contributed by atoms with Crippen molar-refractivity contribution >= 4 is 17.2 Å². The predicted molar refractivity (Wildman–Crippen MR) is 112 cm³/mol. The number of aliphatic hydroxyl groups excluding tert-OH is 1. The van der Waals surface area contributed by atoms with Crippen LogP contribution in [0.1, 0.15) is 51.0 Å². The molecule has 4 N–H and O–H groups in total. The molecule has 6 heteroatoms. The van der Waals surface area contributed by atoms with Gasteiger partial charge in [-0.15, -0.1) is 0 Å². The maximum atomic E-state index is 10.7. The smallest absolute Gasteiger partial charge is 0.152 e. The Labute approximate surface area is 162 Å². The van der Waals surface area contributed by atoms with Crippen molar-refractivity contribution < 1.29 is 5.11 Å². The fraction of sp³-hybridized carbons (Fsp3) is 0.619. The second kappa shape index (κ2) is 9.33. The fourth-order valence-corrected chi connectivity index (χ4v) is 4.07. The molecule has 1 aliphatic heterocycles. The lowest BCUT2D eigenvalue weighted by Gasteiger charge is -2.39. The summed E-state index contributed by atoms with van der Waals surface area (Å²) < 4.78 is 0. The highest BCUT2D eigenvalue weighted by atomic mass is 16.3. The number of nitrogens with one attached hydrogen (secondary N) is 3. The number of rotatable bonds is 6. The Kier molecular flexibility index (Phi) is 6.85. The lowest BCUT2D eigenvalue weighted by Crippen LogP contribution is -2.55. The normalized spacial score (nSPS) is 24.3. The molecule has 1 aromatic heterocycles. The molecule has 1 saturated carbocycles. The quantitative estimate of drug-likeness (QED) is 0.577. The molecule has 0 spiro atoms. The van der Waals surface area contributed by atoms with E-state index in [-0.39, 0.29) is 6.04 Å². The second-order valence-corrected chi connectivity index (χ2v) is 7.95. The van der Waals surface area contributed by atoms with Crippen LogP contribution in [0.25, 0.3) is 0 Å². The van der Waals surface area contributed by atoms with Gasteiger partial charge in [0.2, 0.25) is 0 Å². The highest BCUT2D eigenvalue weighted by molar-refractivity contribution is 5.90. The molecule has 0 radical (unpaired) electrons. The van der Waals surface area contributed by atoms with E-state index in [4.69, 9.17) is 5.41 Å². The van der Waals surface area contributed by atoms with E-state index in [2.05, 4.69) is 26.6 Å². The van der Waals surface area contributed by atoms with Gasteiger partial charge in [-0.05, 0) is 50.8 Å². The van der Waals surface area contributed by atoms with E-state index in [0.717, 1.165) is 30.0 Å². The third kappa shape index (κ3) is 5.53. The third-order valence-corrected chi connectivity index (χ3v) is 5.51. The average Bonchev–Trinajstić information content (AvgIpc) is 2.64. The van der Waals surface area contributed by atoms with Crippen molar-refractivity contribution in [1.82, 2.24) is 10.3 Å². The number of hydrogen-bond acceptors (Lipinski definition) is 6. The summed E-state index contributed by atoms with van der Waals surface area (Å²) >= 11 is 0. The van der Waals surface area contributed by atoms with E-state index in [9.17, 15) is 5.11 Å². The number of nitrogens with zero attached hydrogens (tertiary/aromatic N) is 2. The Balaban J connectivity index is 1.64. The molecule has 2 fully saturated rings. The van der Waals surface area contributed by atoms with Crippen LogP contribution in [0.5, 0.6) is 0 Å². The minimum Gasteiger partial charge on any atom is -0.390 e. The van der Waals surface area contributed by atoms with Gasteiger partial charge in [0.25, 0.3) is 0 Å². The van der Waals surface area contributed by atoms with Crippen LogP contribution >= 0.6 is 0 Å². The van der Waals surface area contributed by atoms with Crippen LogP contribution < -0.4 is 15.5 Å². The maximum Gasteiger partial charge on any atom is 0.152 e. The first-order valence-corrected chi connectivity index (χ1v) is 10.2. The van der Waals surface area contributed by atoms with Crippen LogP contribution in [0.4, 0.5) is 11.5 Å². The van der Waals surface area contributed by atoms with Gasteiger partial charge < -0.3 is 26.0 Å².